The molecule has 1 amide bonds. The van der Waals surface area contributed by atoms with E-state index in [0.29, 0.717) is 26.1 Å². The number of halogens is 1. The molecule has 2 N–H and O–H groups in total. The number of carbonyl (C=O) groups excluding carboxylic acids is 1. The zero-order chi connectivity index (χ0) is 20.2. The number of carbonyl (C=O) groups is 1. The molecular weight excluding hydrogens is 371 g/mol. The Labute approximate surface area is 170 Å². The maximum Gasteiger partial charge on any atom is 0.241 e. The topological polar surface area (TPSA) is 56.8 Å². The van der Waals surface area contributed by atoms with Gasteiger partial charge in [0, 0.05) is 32.2 Å². The minimum Gasteiger partial charge on any atom is -0.492 e. The summed E-state index contributed by atoms with van der Waals surface area (Å²) in [5, 5.41) is 0. The molecule has 7 heteroatoms. The Morgan fingerprint density at radius 1 is 1.07 bits per heavy atom. The van der Waals surface area contributed by atoms with E-state index in [1.807, 2.05) is 30.0 Å². The zero-order valence-electron chi connectivity index (χ0n) is 16.6. The lowest BCUT2D eigenvalue weighted by Crippen LogP contribution is -2.53. The molecular formula is C22H27FN4O2. The van der Waals surface area contributed by atoms with Gasteiger partial charge < -0.3 is 14.5 Å². The van der Waals surface area contributed by atoms with Crippen molar-refractivity contribution in [1.82, 2.24) is 15.8 Å². The van der Waals surface area contributed by atoms with Gasteiger partial charge in [-0.1, -0.05) is 24.3 Å². The second kappa shape index (κ2) is 8.80. The second-order valence-corrected chi connectivity index (χ2v) is 7.39. The molecule has 2 aliphatic rings. The molecule has 2 aliphatic heterocycles. The number of ether oxygens (including phenoxy) is 1. The maximum absolute atomic E-state index is 13.1. The predicted molar refractivity (Wildman–Crippen MR) is 110 cm³/mol. The summed E-state index contributed by atoms with van der Waals surface area (Å²) in [4.78, 5) is 17.2. The van der Waals surface area contributed by atoms with Crippen LogP contribution in [0.5, 0.6) is 5.75 Å². The van der Waals surface area contributed by atoms with Crippen LogP contribution in [0.4, 0.5) is 10.1 Å². The van der Waals surface area contributed by atoms with E-state index < -0.39 is 0 Å². The molecule has 154 valence electrons. The third kappa shape index (κ3) is 4.36. The van der Waals surface area contributed by atoms with E-state index in [9.17, 15) is 9.18 Å². The normalized spacial score (nSPS) is 22.0. The summed E-state index contributed by atoms with van der Waals surface area (Å²) in [6.45, 7) is 5.52. The number of rotatable bonds is 5. The van der Waals surface area contributed by atoms with Crippen LogP contribution in [-0.2, 0) is 4.79 Å². The molecule has 6 nitrogen and oxygen atoms in total. The number of nitrogens with one attached hydrogen (secondary N) is 2. The Bertz CT molecular complexity index is 837. The van der Waals surface area contributed by atoms with E-state index in [2.05, 4.69) is 21.8 Å². The van der Waals surface area contributed by atoms with Gasteiger partial charge in [-0.05, 0) is 43.2 Å². The maximum atomic E-state index is 13.1. The van der Waals surface area contributed by atoms with Gasteiger partial charge >= 0.3 is 0 Å². The molecule has 0 saturated carbocycles. The van der Waals surface area contributed by atoms with Crippen molar-refractivity contribution in [2.24, 2.45) is 0 Å². The van der Waals surface area contributed by atoms with Crippen LogP contribution in [0.1, 0.15) is 24.9 Å². The van der Waals surface area contributed by atoms with Gasteiger partial charge in [-0.3, -0.25) is 4.79 Å². The van der Waals surface area contributed by atoms with Gasteiger partial charge in [-0.2, -0.15) is 0 Å². The minimum absolute atomic E-state index is 0.00362. The number of para-hydroxylation sites is 2. The van der Waals surface area contributed by atoms with Crippen LogP contribution in [0.15, 0.2) is 48.5 Å². The molecule has 2 fully saturated rings. The molecule has 0 radical (unpaired) electrons. The molecule has 2 saturated heterocycles. The number of nitrogens with zero attached hydrogens (tertiary/aromatic N) is 2. The third-order valence-corrected chi connectivity index (χ3v) is 5.57. The number of anilines is 1. The smallest absolute Gasteiger partial charge is 0.241 e. The van der Waals surface area contributed by atoms with E-state index in [0.717, 1.165) is 30.1 Å². The van der Waals surface area contributed by atoms with Crippen LogP contribution in [0.25, 0.3) is 0 Å². The summed E-state index contributed by atoms with van der Waals surface area (Å²) in [5.41, 5.74) is 8.35. The van der Waals surface area contributed by atoms with Gasteiger partial charge in [-0.25, -0.2) is 15.2 Å². The van der Waals surface area contributed by atoms with E-state index in [1.165, 1.54) is 12.1 Å². The number of amides is 1. The highest BCUT2D eigenvalue weighted by atomic mass is 19.1. The lowest BCUT2D eigenvalue weighted by molar-refractivity contribution is -0.133. The summed E-state index contributed by atoms with van der Waals surface area (Å²) in [7, 11) is 0. The largest absolute Gasteiger partial charge is 0.492 e. The highest BCUT2D eigenvalue weighted by Gasteiger charge is 2.34. The predicted octanol–water partition coefficient (Wildman–Crippen LogP) is 2.48. The molecule has 4 rings (SSSR count). The van der Waals surface area contributed by atoms with Gasteiger partial charge in [0.1, 0.15) is 17.6 Å². The van der Waals surface area contributed by atoms with Crippen molar-refractivity contribution in [2.75, 3.05) is 37.7 Å². The summed E-state index contributed by atoms with van der Waals surface area (Å²) < 4.78 is 18.9. The standard InChI is InChI=1S/C22H27FN4O2/c1-2-29-21-6-4-3-5-20(21)26-11-13-27(14-12-26)22(28)19-15-18(24-25-19)16-7-9-17(23)10-8-16/h3-10,18-19,24-25H,2,11-15H2,1H3. The van der Waals surface area contributed by atoms with Crippen LogP contribution in [0.3, 0.4) is 0 Å². The Balaban J connectivity index is 1.33. The van der Waals surface area contributed by atoms with Gasteiger partial charge in [0.2, 0.25) is 5.91 Å². The first-order valence-corrected chi connectivity index (χ1v) is 10.2. The highest BCUT2D eigenvalue weighted by molar-refractivity contribution is 5.82. The first-order valence-electron chi connectivity index (χ1n) is 10.2. The van der Waals surface area contributed by atoms with Crippen LogP contribution in [0.2, 0.25) is 0 Å². The van der Waals surface area contributed by atoms with Gasteiger partial charge in [0.05, 0.1) is 12.3 Å². The number of hydrazine groups is 1. The van der Waals surface area contributed by atoms with Crippen LogP contribution >= 0.6 is 0 Å². The molecule has 0 bridgehead atoms. The first-order chi connectivity index (χ1) is 14.2. The van der Waals surface area contributed by atoms with E-state index >= 15 is 0 Å². The summed E-state index contributed by atoms with van der Waals surface area (Å²) in [6, 6.07) is 14.2. The number of benzene rings is 2. The van der Waals surface area contributed by atoms with Crippen LogP contribution in [-0.4, -0.2) is 49.6 Å². The van der Waals surface area contributed by atoms with Crippen molar-refractivity contribution in [1.29, 1.82) is 0 Å². The lowest BCUT2D eigenvalue weighted by atomic mass is 10.0. The molecule has 0 aliphatic carbocycles. The fourth-order valence-corrected chi connectivity index (χ4v) is 4.02. The molecule has 0 aromatic heterocycles. The average Bonchev–Trinajstić information content (AvgIpc) is 3.25. The molecule has 0 spiro atoms. The van der Waals surface area contributed by atoms with Crippen molar-refractivity contribution >= 4 is 11.6 Å². The Kier molecular flexibility index (Phi) is 5.97. The fourth-order valence-electron chi connectivity index (χ4n) is 4.02. The number of hydrogen-bond acceptors (Lipinski definition) is 5. The molecule has 2 aromatic carbocycles. The highest BCUT2D eigenvalue weighted by Crippen LogP contribution is 2.29. The van der Waals surface area contributed by atoms with Crippen molar-refractivity contribution in [2.45, 2.75) is 25.4 Å². The van der Waals surface area contributed by atoms with Gasteiger partial charge in [0.25, 0.3) is 0 Å². The van der Waals surface area contributed by atoms with Gasteiger partial charge in [0.15, 0.2) is 0 Å². The minimum atomic E-state index is -0.271. The van der Waals surface area contributed by atoms with Crippen molar-refractivity contribution in [3.63, 3.8) is 0 Å². The van der Waals surface area contributed by atoms with Crippen molar-refractivity contribution < 1.29 is 13.9 Å². The van der Waals surface area contributed by atoms with Crippen LogP contribution in [0, 0.1) is 5.82 Å². The van der Waals surface area contributed by atoms with E-state index in [4.69, 9.17) is 4.74 Å². The molecule has 2 atom stereocenters. The molecule has 2 heterocycles. The lowest BCUT2D eigenvalue weighted by Gasteiger charge is -2.37. The summed E-state index contributed by atoms with van der Waals surface area (Å²) in [5.74, 6) is 0.745. The monoisotopic (exact) mass is 398 g/mol. The third-order valence-electron chi connectivity index (χ3n) is 5.57. The SMILES string of the molecule is CCOc1ccccc1N1CCN(C(=O)C2CC(c3ccc(F)cc3)NN2)CC1. The van der Waals surface area contributed by atoms with Crippen molar-refractivity contribution in [3.05, 3.63) is 59.9 Å². The van der Waals surface area contributed by atoms with E-state index in [1.54, 1.807) is 12.1 Å². The fraction of sp³-hybridized carbons (Fsp3) is 0.409. The zero-order valence-corrected chi connectivity index (χ0v) is 16.6. The average molecular weight is 398 g/mol. The molecule has 2 aromatic rings. The van der Waals surface area contributed by atoms with Crippen molar-refractivity contribution in [3.8, 4) is 5.75 Å². The molecule has 29 heavy (non-hydrogen) atoms. The Morgan fingerprint density at radius 2 is 1.79 bits per heavy atom. The second-order valence-electron chi connectivity index (χ2n) is 7.39. The quantitative estimate of drug-likeness (QED) is 0.811. The summed E-state index contributed by atoms with van der Waals surface area (Å²) >= 11 is 0. The summed E-state index contributed by atoms with van der Waals surface area (Å²) in [6.07, 6.45) is 0.651. The Morgan fingerprint density at radius 3 is 2.52 bits per heavy atom. The number of piperazine rings is 1. The number of hydrogen-bond donors (Lipinski definition) is 2. The Hall–Kier alpha value is -2.64. The van der Waals surface area contributed by atoms with E-state index in [-0.39, 0.29) is 23.8 Å². The molecule has 2 unspecified atom stereocenters. The first kappa shape index (κ1) is 19.7. The van der Waals surface area contributed by atoms with Gasteiger partial charge in [-0.15, -0.1) is 0 Å². The van der Waals surface area contributed by atoms with Crippen LogP contribution < -0.4 is 20.5 Å².